The second-order valence-corrected chi connectivity index (χ2v) is 9.63. The van der Waals surface area contributed by atoms with Crippen LogP contribution in [-0.4, -0.2) is 33.5 Å². The van der Waals surface area contributed by atoms with E-state index in [1.807, 2.05) is 32.9 Å². The largest absolute Gasteiger partial charge is 0.508 e. The first kappa shape index (κ1) is 23.6. The van der Waals surface area contributed by atoms with Crippen molar-refractivity contribution in [3.05, 3.63) is 88.5 Å². The zero-order valence-corrected chi connectivity index (χ0v) is 20.8. The van der Waals surface area contributed by atoms with Crippen molar-refractivity contribution in [1.82, 2.24) is 4.98 Å². The molecule has 4 aromatic rings. The smallest absolute Gasteiger partial charge is 0.301 e. The SMILES string of the molecule is CCOc1cccc(/C(O)=C2\C(=O)C(=O)N(c3nc4cc(C)c(C)cc4s3)C2c2ccc(O)cc2)c1. The van der Waals surface area contributed by atoms with Crippen LogP contribution in [0.2, 0.25) is 0 Å². The van der Waals surface area contributed by atoms with Crippen LogP contribution in [0.3, 0.4) is 0 Å². The Balaban J connectivity index is 1.71. The molecule has 7 nitrogen and oxygen atoms in total. The molecule has 1 saturated heterocycles. The summed E-state index contributed by atoms with van der Waals surface area (Å²) in [4.78, 5) is 32.8. The summed E-state index contributed by atoms with van der Waals surface area (Å²) in [6.45, 7) is 6.29. The quantitative estimate of drug-likeness (QED) is 0.209. The monoisotopic (exact) mass is 500 g/mol. The molecular weight excluding hydrogens is 476 g/mol. The molecule has 0 saturated carbocycles. The molecule has 1 unspecified atom stereocenters. The average Bonchev–Trinajstić information content (AvgIpc) is 3.37. The number of ketones is 1. The van der Waals surface area contributed by atoms with Crippen molar-refractivity contribution in [3.8, 4) is 11.5 Å². The van der Waals surface area contributed by atoms with Gasteiger partial charge in [-0.15, -0.1) is 0 Å². The number of aliphatic hydroxyl groups excluding tert-OH is 1. The standard InChI is InChI=1S/C28H24N2O5S/c1-4-35-20-7-5-6-18(14-20)25(32)23-24(17-8-10-19(31)11-9-17)30(27(34)26(23)33)28-29-21-12-15(2)16(3)13-22(21)36-28/h5-14,24,31-32H,4H2,1-3H3/b25-23+. The molecule has 0 aliphatic carbocycles. The minimum Gasteiger partial charge on any atom is -0.508 e. The summed E-state index contributed by atoms with van der Waals surface area (Å²) in [6, 6.07) is 16.0. The zero-order valence-electron chi connectivity index (χ0n) is 20.0. The molecule has 1 aromatic heterocycles. The number of Topliss-reactive ketones (excluding diaryl/α,β-unsaturated/α-hetero) is 1. The number of thiazole rings is 1. The molecule has 1 amide bonds. The molecule has 0 bridgehead atoms. The Morgan fingerprint density at radius 2 is 1.78 bits per heavy atom. The highest BCUT2D eigenvalue weighted by molar-refractivity contribution is 7.22. The maximum atomic E-state index is 13.4. The predicted molar refractivity (Wildman–Crippen MR) is 140 cm³/mol. The number of fused-ring (bicyclic) bond motifs is 1. The van der Waals surface area contributed by atoms with E-state index in [1.54, 1.807) is 36.4 Å². The van der Waals surface area contributed by atoms with Gasteiger partial charge in [0.2, 0.25) is 0 Å². The van der Waals surface area contributed by atoms with Gasteiger partial charge >= 0.3 is 5.91 Å². The van der Waals surface area contributed by atoms with Crippen molar-refractivity contribution in [2.24, 2.45) is 0 Å². The van der Waals surface area contributed by atoms with Crippen molar-refractivity contribution in [1.29, 1.82) is 0 Å². The molecular formula is C28H24N2O5S. The lowest BCUT2D eigenvalue weighted by Crippen LogP contribution is -2.29. The van der Waals surface area contributed by atoms with Crippen molar-refractivity contribution < 1.29 is 24.5 Å². The fraction of sp³-hybridized carbons (Fsp3) is 0.179. The number of anilines is 1. The maximum Gasteiger partial charge on any atom is 0.301 e. The van der Waals surface area contributed by atoms with Gasteiger partial charge in [-0.05, 0) is 73.9 Å². The minimum absolute atomic E-state index is 0.0473. The van der Waals surface area contributed by atoms with Crippen LogP contribution < -0.4 is 9.64 Å². The van der Waals surface area contributed by atoms with Gasteiger partial charge in [0.15, 0.2) is 5.13 Å². The topological polar surface area (TPSA) is 100.0 Å². The lowest BCUT2D eigenvalue weighted by atomic mass is 9.95. The highest BCUT2D eigenvalue weighted by Crippen LogP contribution is 2.45. The van der Waals surface area contributed by atoms with E-state index in [0.717, 1.165) is 21.3 Å². The first-order chi connectivity index (χ1) is 17.3. The number of aromatic hydroxyl groups is 1. The molecule has 2 N–H and O–H groups in total. The average molecular weight is 501 g/mol. The zero-order chi connectivity index (χ0) is 25.6. The number of aliphatic hydroxyl groups is 1. The van der Waals surface area contributed by atoms with Crippen molar-refractivity contribution >= 4 is 44.1 Å². The number of aromatic nitrogens is 1. The summed E-state index contributed by atoms with van der Waals surface area (Å²) < 4.78 is 6.44. The molecule has 36 heavy (non-hydrogen) atoms. The normalized spacial score (nSPS) is 17.2. The van der Waals surface area contributed by atoms with Crippen LogP contribution in [0, 0.1) is 13.8 Å². The molecule has 1 aliphatic rings. The van der Waals surface area contributed by atoms with Crippen LogP contribution in [0.4, 0.5) is 5.13 Å². The first-order valence-electron chi connectivity index (χ1n) is 11.5. The summed E-state index contributed by atoms with van der Waals surface area (Å²) in [5.41, 5.74) is 3.77. The van der Waals surface area contributed by atoms with E-state index in [9.17, 15) is 19.8 Å². The molecule has 1 atom stereocenters. The summed E-state index contributed by atoms with van der Waals surface area (Å²) in [5, 5.41) is 21.5. The van der Waals surface area contributed by atoms with E-state index in [4.69, 9.17) is 4.74 Å². The van der Waals surface area contributed by atoms with Gasteiger partial charge in [0.05, 0.1) is 28.4 Å². The summed E-state index contributed by atoms with van der Waals surface area (Å²) in [6.07, 6.45) is 0. The Hall–Kier alpha value is -4.17. The van der Waals surface area contributed by atoms with E-state index in [-0.39, 0.29) is 17.1 Å². The number of aryl methyl sites for hydroxylation is 2. The van der Waals surface area contributed by atoms with E-state index in [1.165, 1.54) is 28.4 Å². The van der Waals surface area contributed by atoms with Crippen molar-refractivity contribution in [2.45, 2.75) is 26.8 Å². The van der Waals surface area contributed by atoms with E-state index in [0.29, 0.717) is 28.6 Å². The number of phenols is 1. The Bertz CT molecular complexity index is 1500. The molecule has 1 aliphatic heterocycles. The third-order valence-corrected chi connectivity index (χ3v) is 7.29. The molecule has 0 radical (unpaired) electrons. The Morgan fingerprint density at radius 1 is 1.06 bits per heavy atom. The van der Waals surface area contributed by atoms with Gasteiger partial charge in [0.1, 0.15) is 17.3 Å². The van der Waals surface area contributed by atoms with Crippen LogP contribution >= 0.6 is 11.3 Å². The van der Waals surface area contributed by atoms with Gasteiger partial charge in [-0.3, -0.25) is 14.5 Å². The lowest BCUT2D eigenvalue weighted by molar-refractivity contribution is -0.132. The third kappa shape index (κ3) is 3.99. The van der Waals surface area contributed by atoms with Gasteiger partial charge in [-0.25, -0.2) is 4.98 Å². The molecule has 0 spiro atoms. The number of ether oxygens (including phenoxy) is 1. The van der Waals surface area contributed by atoms with Crippen molar-refractivity contribution in [2.75, 3.05) is 11.5 Å². The van der Waals surface area contributed by atoms with Gasteiger partial charge < -0.3 is 14.9 Å². The molecule has 3 aromatic carbocycles. The Kier molecular flexibility index (Phi) is 5.97. The van der Waals surface area contributed by atoms with Gasteiger partial charge in [0.25, 0.3) is 5.78 Å². The fourth-order valence-corrected chi connectivity index (χ4v) is 5.40. The lowest BCUT2D eigenvalue weighted by Gasteiger charge is -2.23. The maximum absolute atomic E-state index is 13.4. The van der Waals surface area contributed by atoms with Crippen molar-refractivity contribution in [3.63, 3.8) is 0 Å². The molecule has 5 rings (SSSR count). The number of phenolic OH excluding ortho intramolecular Hbond substituents is 1. The second-order valence-electron chi connectivity index (χ2n) is 8.62. The van der Waals surface area contributed by atoms with Crippen LogP contribution in [0.1, 0.15) is 35.2 Å². The number of carbonyl (C=O) groups excluding carboxylic acids is 2. The Labute approximate surface area is 211 Å². The highest BCUT2D eigenvalue weighted by Gasteiger charge is 2.48. The summed E-state index contributed by atoms with van der Waals surface area (Å²) in [5.74, 6) is -1.30. The molecule has 182 valence electrons. The van der Waals surface area contributed by atoms with Gasteiger partial charge in [-0.1, -0.05) is 35.6 Å². The van der Waals surface area contributed by atoms with Gasteiger partial charge in [0, 0.05) is 5.56 Å². The number of carbonyl (C=O) groups is 2. The Morgan fingerprint density at radius 3 is 2.50 bits per heavy atom. The van der Waals surface area contributed by atoms with Crippen LogP contribution in [0.5, 0.6) is 11.5 Å². The fourth-order valence-electron chi connectivity index (χ4n) is 4.33. The molecule has 2 heterocycles. The number of amides is 1. The van der Waals surface area contributed by atoms with E-state index < -0.39 is 17.7 Å². The van der Waals surface area contributed by atoms with Crippen LogP contribution in [0.25, 0.3) is 16.0 Å². The van der Waals surface area contributed by atoms with E-state index in [2.05, 4.69) is 4.98 Å². The first-order valence-corrected chi connectivity index (χ1v) is 12.3. The van der Waals surface area contributed by atoms with Gasteiger partial charge in [-0.2, -0.15) is 0 Å². The number of benzene rings is 3. The second kappa shape index (κ2) is 9.13. The predicted octanol–water partition coefficient (Wildman–Crippen LogP) is 5.64. The molecule has 8 heteroatoms. The number of hydrogen-bond donors (Lipinski definition) is 2. The number of rotatable bonds is 5. The van der Waals surface area contributed by atoms with E-state index >= 15 is 0 Å². The third-order valence-electron chi connectivity index (χ3n) is 6.27. The number of hydrogen-bond acceptors (Lipinski definition) is 7. The summed E-state index contributed by atoms with van der Waals surface area (Å²) in [7, 11) is 0. The highest BCUT2D eigenvalue weighted by atomic mass is 32.1. The molecule has 1 fully saturated rings. The van der Waals surface area contributed by atoms with Crippen LogP contribution in [-0.2, 0) is 9.59 Å². The minimum atomic E-state index is -0.927. The number of nitrogens with zero attached hydrogens (tertiary/aromatic N) is 2. The van der Waals surface area contributed by atoms with Crippen LogP contribution in [0.15, 0.2) is 66.2 Å². The summed E-state index contributed by atoms with van der Waals surface area (Å²) >= 11 is 1.31.